The van der Waals surface area contributed by atoms with Crippen molar-refractivity contribution >= 4 is 27.3 Å². The summed E-state index contributed by atoms with van der Waals surface area (Å²) in [6.45, 7) is 5.01. The maximum absolute atomic E-state index is 11.2. The van der Waals surface area contributed by atoms with Gasteiger partial charge in [-0.1, -0.05) is 0 Å². The van der Waals surface area contributed by atoms with Gasteiger partial charge in [0.05, 0.1) is 9.40 Å². The van der Waals surface area contributed by atoms with Gasteiger partial charge in [0, 0.05) is 31.9 Å². The topological polar surface area (TPSA) is 71.3 Å². The van der Waals surface area contributed by atoms with Crippen LogP contribution in [0.4, 0.5) is 11.4 Å². The molecule has 0 amide bonds. The molecule has 0 spiro atoms. The van der Waals surface area contributed by atoms with E-state index in [1.165, 1.54) is 6.20 Å². The van der Waals surface area contributed by atoms with E-state index in [0.717, 1.165) is 19.6 Å². The Morgan fingerprint density at radius 2 is 2.32 bits per heavy atom. The van der Waals surface area contributed by atoms with Crippen molar-refractivity contribution in [2.24, 2.45) is 11.8 Å². The van der Waals surface area contributed by atoms with E-state index in [-0.39, 0.29) is 10.6 Å². The smallest absolute Gasteiger partial charge is 0.311 e. The Labute approximate surface area is 119 Å². The second-order valence-corrected chi connectivity index (χ2v) is 6.08. The molecule has 0 bridgehead atoms. The summed E-state index contributed by atoms with van der Waals surface area (Å²) in [5.74, 6) is 1.15. The minimum Gasteiger partial charge on any atom is -0.362 e. The number of rotatable bonds is 2. The van der Waals surface area contributed by atoms with Crippen molar-refractivity contribution in [3.63, 3.8) is 0 Å². The molecule has 1 N–H and O–H groups in total. The van der Waals surface area contributed by atoms with Crippen molar-refractivity contribution in [1.82, 2.24) is 10.3 Å². The Morgan fingerprint density at radius 1 is 1.53 bits per heavy atom. The highest BCUT2D eigenvalue weighted by Gasteiger charge is 2.44. The van der Waals surface area contributed by atoms with Gasteiger partial charge in [-0.25, -0.2) is 0 Å². The van der Waals surface area contributed by atoms with E-state index in [1.807, 2.05) is 0 Å². The molecule has 2 aliphatic heterocycles. The van der Waals surface area contributed by atoms with E-state index < -0.39 is 0 Å². The number of anilines is 1. The Balaban J connectivity index is 2.01. The van der Waals surface area contributed by atoms with Gasteiger partial charge in [-0.05, 0) is 34.7 Å². The fourth-order valence-corrected chi connectivity index (χ4v) is 3.85. The van der Waals surface area contributed by atoms with Gasteiger partial charge in [-0.2, -0.15) is 0 Å². The maximum atomic E-state index is 11.2. The molecule has 0 aliphatic carbocycles. The molecular formula is C12H15BrN4O2. The molecule has 3 unspecified atom stereocenters. The third-order valence-electron chi connectivity index (χ3n) is 4.27. The van der Waals surface area contributed by atoms with Gasteiger partial charge in [0.25, 0.3) is 0 Å². The van der Waals surface area contributed by atoms with Crippen molar-refractivity contribution in [3.05, 3.63) is 27.0 Å². The first-order valence-electron chi connectivity index (χ1n) is 6.35. The van der Waals surface area contributed by atoms with E-state index in [4.69, 9.17) is 0 Å². The molecule has 6 nitrogen and oxygen atoms in total. The number of pyridine rings is 1. The second kappa shape index (κ2) is 4.72. The van der Waals surface area contributed by atoms with Crippen molar-refractivity contribution in [1.29, 1.82) is 0 Å². The number of aromatic nitrogens is 1. The summed E-state index contributed by atoms with van der Waals surface area (Å²) in [6.07, 6.45) is 2.96. The number of nitro groups is 1. The van der Waals surface area contributed by atoms with Crippen LogP contribution in [-0.2, 0) is 0 Å². The van der Waals surface area contributed by atoms with Gasteiger partial charge < -0.3 is 10.2 Å². The predicted molar refractivity (Wildman–Crippen MR) is 75.2 cm³/mol. The van der Waals surface area contributed by atoms with Gasteiger partial charge in [-0.15, -0.1) is 0 Å². The summed E-state index contributed by atoms with van der Waals surface area (Å²) >= 11 is 3.41. The highest BCUT2D eigenvalue weighted by atomic mass is 79.9. The van der Waals surface area contributed by atoms with Crippen LogP contribution in [0, 0.1) is 22.0 Å². The first-order valence-corrected chi connectivity index (χ1v) is 7.14. The lowest BCUT2D eigenvalue weighted by atomic mass is 9.95. The highest BCUT2D eigenvalue weighted by molar-refractivity contribution is 9.10. The highest BCUT2D eigenvalue weighted by Crippen LogP contribution is 2.42. The van der Waals surface area contributed by atoms with Gasteiger partial charge in [-0.3, -0.25) is 15.1 Å². The van der Waals surface area contributed by atoms with Gasteiger partial charge >= 0.3 is 5.69 Å². The maximum Gasteiger partial charge on any atom is 0.311 e. The van der Waals surface area contributed by atoms with Crippen LogP contribution in [0.2, 0.25) is 0 Å². The number of hydrogen-bond acceptors (Lipinski definition) is 5. The zero-order valence-electron chi connectivity index (χ0n) is 10.5. The molecule has 102 valence electrons. The largest absolute Gasteiger partial charge is 0.362 e. The third kappa shape index (κ3) is 2.01. The fraction of sp³-hybridized carbons (Fsp3) is 0.583. The molecule has 19 heavy (non-hydrogen) atoms. The Hall–Kier alpha value is -1.21. The standard InChI is InChI=1S/C12H15BrN4O2/c1-7-9-3-14-2-8(9)6-16(7)12-10(13)4-15-5-11(12)17(18)19/h4-5,7-9,14H,2-3,6H2,1H3. The zero-order valence-corrected chi connectivity index (χ0v) is 12.1. The van der Waals surface area contributed by atoms with Gasteiger partial charge in [0.1, 0.15) is 11.9 Å². The van der Waals surface area contributed by atoms with Crippen molar-refractivity contribution in [2.45, 2.75) is 13.0 Å². The molecule has 1 aromatic rings. The van der Waals surface area contributed by atoms with Gasteiger partial charge in [0.2, 0.25) is 0 Å². The molecule has 3 rings (SSSR count). The molecular weight excluding hydrogens is 312 g/mol. The number of nitrogens with one attached hydrogen (secondary N) is 1. The van der Waals surface area contributed by atoms with E-state index in [9.17, 15) is 10.1 Å². The molecule has 3 heterocycles. The Morgan fingerprint density at radius 3 is 3.00 bits per heavy atom. The van der Waals surface area contributed by atoms with Crippen LogP contribution in [0.3, 0.4) is 0 Å². The monoisotopic (exact) mass is 326 g/mol. The fourth-order valence-electron chi connectivity index (χ4n) is 3.30. The number of nitrogens with zero attached hydrogens (tertiary/aromatic N) is 3. The predicted octanol–water partition coefficient (Wildman–Crippen LogP) is 1.80. The van der Waals surface area contributed by atoms with Crippen LogP contribution in [0.1, 0.15) is 6.92 Å². The quantitative estimate of drug-likeness (QED) is 0.662. The summed E-state index contributed by atoms with van der Waals surface area (Å²) in [6, 6.07) is 0.303. The normalized spacial score (nSPS) is 29.6. The molecule has 1 aromatic heterocycles. The van der Waals surface area contributed by atoms with Crippen LogP contribution in [0.5, 0.6) is 0 Å². The SMILES string of the molecule is CC1C2CNCC2CN1c1c(Br)cncc1[N+](=O)[O-]. The van der Waals surface area contributed by atoms with Crippen LogP contribution in [0.25, 0.3) is 0 Å². The first kappa shape index (κ1) is 12.8. The van der Waals surface area contributed by atoms with Crippen LogP contribution in [-0.4, -0.2) is 35.6 Å². The second-order valence-electron chi connectivity index (χ2n) is 5.22. The summed E-state index contributed by atoms with van der Waals surface area (Å²) in [4.78, 5) is 16.9. The van der Waals surface area contributed by atoms with Crippen LogP contribution in [0.15, 0.2) is 16.9 Å². The molecule has 2 fully saturated rings. The minimum atomic E-state index is -0.355. The first-order chi connectivity index (χ1) is 9.09. The summed E-state index contributed by atoms with van der Waals surface area (Å²) in [5.41, 5.74) is 0.746. The van der Waals surface area contributed by atoms with Crippen molar-refractivity contribution in [2.75, 3.05) is 24.5 Å². The van der Waals surface area contributed by atoms with E-state index in [2.05, 4.69) is 38.1 Å². The zero-order chi connectivity index (χ0) is 13.6. The average molecular weight is 327 g/mol. The van der Waals surface area contributed by atoms with Crippen LogP contribution < -0.4 is 10.2 Å². The lowest BCUT2D eigenvalue weighted by molar-refractivity contribution is -0.384. The lowest BCUT2D eigenvalue weighted by Crippen LogP contribution is -2.33. The van der Waals surface area contributed by atoms with E-state index in [0.29, 0.717) is 28.0 Å². The van der Waals surface area contributed by atoms with Crippen LogP contribution >= 0.6 is 15.9 Å². The molecule has 7 heteroatoms. The number of halogens is 1. The molecule has 0 saturated carbocycles. The number of fused-ring (bicyclic) bond motifs is 1. The molecule has 0 radical (unpaired) electrons. The molecule has 3 atom stereocenters. The van der Waals surface area contributed by atoms with E-state index >= 15 is 0 Å². The number of hydrogen-bond donors (Lipinski definition) is 1. The van der Waals surface area contributed by atoms with Crippen molar-refractivity contribution in [3.8, 4) is 0 Å². The van der Waals surface area contributed by atoms with E-state index in [1.54, 1.807) is 6.20 Å². The third-order valence-corrected chi connectivity index (χ3v) is 4.85. The molecule has 0 aromatic carbocycles. The molecule has 2 aliphatic rings. The summed E-state index contributed by atoms with van der Waals surface area (Å²) in [5, 5.41) is 14.6. The molecule has 2 saturated heterocycles. The van der Waals surface area contributed by atoms with Crippen molar-refractivity contribution < 1.29 is 4.92 Å². The average Bonchev–Trinajstić information content (AvgIpc) is 2.93. The Kier molecular flexibility index (Phi) is 3.18. The Bertz CT molecular complexity index is 524. The minimum absolute atomic E-state index is 0.0779. The summed E-state index contributed by atoms with van der Waals surface area (Å²) in [7, 11) is 0. The van der Waals surface area contributed by atoms with Gasteiger partial charge in [0.15, 0.2) is 0 Å². The summed E-state index contributed by atoms with van der Waals surface area (Å²) < 4.78 is 0.696. The lowest BCUT2D eigenvalue weighted by Gasteiger charge is -2.27.